The molecule has 0 saturated carbocycles. The van der Waals surface area contributed by atoms with E-state index in [1.165, 1.54) is 4.31 Å². The molecule has 2 aliphatic rings. The van der Waals surface area contributed by atoms with Gasteiger partial charge in [0.05, 0.1) is 22.8 Å². The summed E-state index contributed by atoms with van der Waals surface area (Å²) < 4.78 is 32.6. The highest BCUT2D eigenvalue weighted by molar-refractivity contribution is 7.89. The van der Waals surface area contributed by atoms with Crippen molar-refractivity contribution >= 4 is 27.6 Å². The van der Waals surface area contributed by atoms with Gasteiger partial charge in [0.25, 0.3) is 0 Å². The molecular weight excluding hydrogens is 368 g/mol. The molecule has 1 saturated heterocycles. The van der Waals surface area contributed by atoms with Crippen LogP contribution in [-0.4, -0.2) is 51.3 Å². The lowest BCUT2D eigenvalue weighted by Crippen LogP contribution is -2.40. The number of benzene rings is 1. The van der Waals surface area contributed by atoms with Crippen LogP contribution in [0.2, 0.25) is 0 Å². The second kappa shape index (κ2) is 6.91. The number of hydrogen-bond donors (Lipinski definition) is 0. The summed E-state index contributed by atoms with van der Waals surface area (Å²) in [6, 6.07) is 4.86. The van der Waals surface area contributed by atoms with Gasteiger partial charge in [-0.25, -0.2) is 8.42 Å². The fraction of sp³-hybridized carbons (Fsp3) is 0.579. The van der Waals surface area contributed by atoms with E-state index < -0.39 is 15.4 Å². The molecule has 2 aliphatic heterocycles. The molecule has 1 fully saturated rings. The van der Waals surface area contributed by atoms with Gasteiger partial charge in [0.1, 0.15) is 0 Å². The van der Waals surface area contributed by atoms with Crippen molar-refractivity contribution in [3.63, 3.8) is 0 Å². The van der Waals surface area contributed by atoms with Crippen molar-refractivity contribution in [1.29, 1.82) is 0 Å². The van der Waals surface area contributed by atoms with Gasteiger partial charge in [-0.15, -0.1) is 0 Å². The van der Waals surface area contributed by atoms with Crippen molar-refractivity contribution < 1.29 is 22.7 Å². The molecule has 27 heavy (non-hydrogen) atoms. The van der Waals surface area contributed by atoms with Gasteiger partial charge in [-0.2, -0.15) is 4.31 Å². The van der Waals surface area contributed by atoms with Gasteiger partial charge in [-0.1, -0.05) is 0 Å². The summed E-state index contributed by atoms with van der Waals surface area (Å²) in [5.41, 5.74) is 0.703. The van der Waals surface area contributed by atoms with Gasteiger partial charge < -0.3 is 9.64 Å². The second-order valence-corrected chi connectivity index (χ2v) is 9.54. The minimum absolute atomic E-state index is 0.0534. The van der Waals surface area contributed by atoms with Crippen LogP contribution in [0.3, 0.4) is 0 Å². The van der Waals surface area contributed by atoms with Gasteiger partial charge in [0, 0.05) is 25.8 Å². The van der Waals surface area contributed by atoms with Crippen LogP contribution in [0.25, 0.3) is 0 Å². The second-order valence-electron chi connectivity index (χ2n) is 7.60. The molecule has 1 aromatic carbocycles. The molecule has 0 bridgehead atoms. The summed E-state index contributed by atoms with van der Waals surface area (Å²) in [6.45, 7) is 6.26. The van der Waals surface area contributed by atoms with Crippen molar-refractivity contribution in [3.05, 3.63) is 23.8 Å². The molecule has 0 N–H and O–H groups in total. The average Bonchev–Trinajstić information content (AvgIpc) is 2.82. The molecule has 0 aromatic heterocycles. The molecule has 1 amide bonds. The molecule has 3 rings (SSSR count). The molecule has 2 heterocycles. The van der Waals surface area contributed by atoms with Crippen LogP contribution in [-0.2, 0) is 29.8 Å². The van der Waals surface area contributed by atoms with E-state index in [1.807, 2.05) is 0 Å². The monoisotopic (exact) mass is 394 g/mol. The van der Waals surface area contributed by atoms with E-state index in [0.29, 0.717) is 19.4 Å². The smallest absolute Gasteiger partial charge is 0.309 e. The van der Waals surface area contributed by atoms with Crippen molar-refractivity contribution in [1.82, 2.24) is 4.31 Å². The lowest BCUT2D eigenvalue weighted by molar-refractivity contribution is -0.149. The van der Waals surface area contributed by atoms with Crippen molar-refractivity contribution in [2.24, 2.45) is 5.92 Å². The fourth-order valence-corrected chi connectivity index (χ4v) is 5.35. The molecule has 0 radical (unpaired) electrons. The number of carbonyl (C=O) groups excluding carboxylic acids is 2. The minimum Gasteiger partial charge on any atom is -0.466 e. The number of amides is 1. The van der Waals surface area contributed by atoms with E-state index >= 15 is 0 Å². The van der Waals surface area contributed by atoms with Crippen LogP contribution in [0.15, 0.2) is 23.1 Å². The summed E-state index contributed by atoms with van der Waals surface area (Å²) in [6.07, 6.45) is 0.908. The number of ether oxygens (including phenoxy) is 1. The first-order valence-electron chi connectivity index (χ1n) is 9.20. The number of rotatable bonds is 4. The predicted molar refractivity (Wildman–Crippen MR) is 101 cm³/mol. The van der Waals surface area contributed by atoms with Crippen LogP contribution in [0, 0.1) is 5.92 Å². The molecule has 0 spiro atoms. The van der Waals surface area contributed by atoms with Crippen molar-refractivity contribution in [2.45, 2.75) is 43.9 Å². The lowest BCUT2D eigenvalue weighted by atomic mass is 9.86. The maximum absolute atomic E-state index is 13.1. The Balaban J connectivity index is 1.83. The van der Waals surface area contributed by atoms with Gasteiger partial charge in [0.2, 0.25) is 15.9 Å². The molecule has 1 aromatic rings. The summed E-state index contributed by atoms with van der Waals surface area (Å²) in [4.78, 5) is 26.0. The van der Waals surface area contributed by atoms with E-state index in [1.54, 1.807) is 50.9 Å². The number of piperidine rings is 1. The van der Waals surface area contributed by atoms with Crippen LogP contribution in [0.1, 0.15) is 39.2 Å². The minimum atomic E-state index is -3.68. The Morgan fingerprint density at radius 3 is 2.48 bits per heavy atom. The number of esters is 1. The Hall–Kier alpha value is -1.93. The molecule has 8 heteroatoms. The number of carbonyl (C=O) groups is 2. The van der Waals surface area contributed by atoms with E-state index in [0.717, 1.165) is 11.3 Å². The van der Waals surface area contributed by atoms with Crippen LogP contribution < -0.4 is 4.90 Å². The predicted octanol–water partition coefficient (Wildman–Crippen LogP) is 1.90. The van der Waals surface area contributed by atoms with Crippen LogP contribution >= 0.6 is 0 Å². The van der Waals surface area contributed by atoms with Crippen LogP contribution in [0.4, 0.5) is 5.69 Å². The average molecular weight is 394 g/mol. The van der Waals surface area contributed by atoms with E-state index in [-0.39, 0.29) is 35.8 Å². The Morgan fingerprint density at radius 2 is 1.89 bits per heavy atom. The molecule has 148 valence electrons. The molecule has 0 aliphatic carbocycles. The van der Waals surface area contributed by atoms with E-state index in [9.17, 15) is 18.0 Å². The number of likely N-dealkylation sites (N-methyl/N-ethyl adjacent to an activating group) is 1. The number of sulfonamides is 1. The van der Waals surface area contributed by atoms with Gasteiger partial charge in [-0.05, 0) is 57.4 Å². The lowest BCUT2D eigenvalue weighted by Gasteiger charge is -2.30. The highest BCUT2D eigenvalue weighted by Crippen LogP contribution is 2.42. The largest absolute Gasteiger partial charge is 0.466 e. The zero-order valence-corrected chi connectivity index (χ0v) is 17.0. The summed E-state index contributed by atoms with van der Waals surface area (Å²) in [7, 11) is -1.98. The quantitative estimate of drug-likeness (QED) is 0.729. The van der Waals surface area contributed by atoms with Gasteiger partial charge in [0.15, 0.2) is 0 Å². The van der Waals surface area contributed by atoms with E-state index in [2.05, 4.69) is 0 Å². The Labute approximate surface area is 160 Å². The van der Waals surface area contributed by atoms with Crippen molar-refractivity contribution in [2.75, 3.05) is 31.6 Å². The summed E-state index contributed by atoms with van der Waals surface area (Å²) in [5, 5.41) is 0. The Kier molecular flexibility index (Phi) is 5.07. The third-order valence-electron chi connectivity index (χ3n) is 5.55. The Bertz CT molecular complexity index is 870. The fourth-order valence-electron chi connectivity index (χ4n) is 3.85. The Morgan fingerprint density at radius 1 is 1.26 bits per heavy atom. The van der Waals surface area contributed by atoms with Gasteiger partial charge >= 0.3 is 5.97 Å². The number of anilines is 1. The molecule has 7 nitrogen and oxygen atoms in total. The number of hydrogen-bond acceptors (Lipinski definition) is 5. The number of fused-ring (bicyclic) bond motifs is 1. The molecule has 0 unspecified atom stereocenters. The first-order chi connectivity index (χ1) is 12.6. The third-order valence-corrected chi connectivity index (χ3v) is 7.45. The third kappa shape index (κ3) is 3.25. The zero-order valence-electron chi connectivity index (χ0n) is 16.2. The topological polar surface area (TPSA) is 84.0 Å². The molecule has 0 atom stereocenters. The highest BCUT2D eigenvalue weighted by Gasteiger charge is 2.43. The van der Waals surface area contributed by atoms with Crippen LogP contribution in [0.5, 0.6) is 0 Å². The maximum atomic E-state index is 13.1. The van der Waals surface area contributed by atoms with Gasteiger partial charge in [-0.3, -0.25) is 9.59 Å². The normalized spacial score (nSPS) is 20.6. The first-order valence-corrected chi connectivity index (χ1v) is 10.6. The zero-order chi connectivity index (χ0) is 20.0. The summed E-state index contributed by atoms with van der Waals surface area (Å²) in [5.74, 6) is -0.556. The molecular formula is C19H26N2O5S. The summed E-state index contributed by atoms with van der Waals surface area (Å²) >= 11 is 0. The first kappa shape index (κ1) is 19.8. The van der Waals surface area contributed by atoms with Crippen molar-refractivity contribution in [3.8, 4) is 0 Å². The SMILES string of the molecule is CCOC(=O)C1CCN(S(=O)(=O)c2ccc3c(c2)C(C)(C)C(=O)N3C)CC1. The number of nitrogens with zero attached hydrogens (tertiary/aromatic N) is 2. The standard InChI is InChI=1S/C19H26N2O5S/c1-5-26-17(22)13-8-10-21(11-9-13)27(24,25)14-6-7-16-15(12-14)19(2,3)18(23)20(16)4/h6-7,12-13H,5,8-11H2,1-4H3. The van der Waals surface area contributed by atoms with E-state index in [4.69, 9.17) is 4.74 Å². The maximum Gasteiger partial charge on any atom is 0.309 e. The highest BCUT2D eigenvalue weighted by atomic mass is 32.2.